The molecule has 2 fully saturated rings. The lowest BCUT2D eigenvalue weighted by Gasteiger charge is -2.30. The molecule has 1 amide bonds. The number of rotatable bonds is 10. The summed E-state index contributed by atoms with van der Waals surface area (Å²) in [5.41, 5.74) is 4.01. The Morgan fingerprint density at radius 3 is 2.66 bits per heavy atom. The van der Waals surface area contributed by atoms with Crippen LogP contribution < -0.4 is 5.32 Å². The molecule has 188 valence electrons. The number of carbonyl (C=O) groups excluding carboxylic acids is 1. The summed E-state index contributed by atoms with van der Waals surface area (Å²) >= 11 is 0. The van der Waals surface area contributed by atoms with Crippen molar-refractivity contribution in [2.24, 2.45) is 5.92 Å². The molecular weight excluding hydrogens is 446 g/mol. The molecule has 0 spiro atoms. The second kappa shape index (κ2) is 11.0. The second-order valence-electron chi connectivity index (χ2n) is 10.3. The van der Waals surface area contributed by atoms with Gasteiger partial charge < -0.3 is 15.1 Å². The van der Waals surface area contributed by atoms with E-state index in [0.29, 0.717) is 12.1 Å². The Bertz CT molecular complexity index is 1040. The standard InChI is InChI=1S/C28H36F2N4O/c29-24-9-8-23(26(30)16-24)20-34(15-14-32-11-1-2-12-32)28(35)17-31-27-5-3-4-22-19-33(13-10-25(22)27)18-21-6-7-21/h3-5,8-9,16,21,31H,1-2,6-7,10-15,17-20H2. The number of fused-ring (bicyclic) bond motifs is 1. The van der Waals surface area contributed by atoms with E-state index in [1.807, 2.05) is 0 Å². The van der Waals surface area contributed by atoms with E-state index in [1.54, 1.807) is 4.90 Å². The number of halogens is 2. The maximum atomic E-state index is 14.4. The van der Waals surface area contributed by atoms with E-state index < -0.39 is 11.6 Å². The van der Waals surface area contributed by atoms with Crippen LogP contribution in [0.15, 0.2) is 36.4 Å². The van der Waals surface area contributed by atoms with E-state index in [4.69, 9.17) is 0 Å². The smallest absolute Gasteiger partial charge is 0.242 e. The zero-order chi connectivity index (χ0) is 24.2. The fourth-order valence-corrected chi connectivity index (χ4v) is 5.35. The number of amides is 1. The normalized spacial score (nSPS) is 18.5. The van der Waals surface area contributed by atoms with Gasteiger partial charge in [-0.2, -0.15) is 0 Å². The third kappa shape index (κ3) is 6.39. The van der Waals surface area contributed by atoms with Crippen molar-refractivity contribution in [1.29, 1.82) is 0 Å². The predicted octanol–water partition coefficient (Wildman–Crippen LogP) is 4.27. The maximum absolute atomic E-state index is 14.4. The van der Waals surface area contributed by atoms with Crippen molar-refractivity contribution >= 4 is 11.6 Å². The molecular formula is C28H36F2N4O. The Balaban J connectivity index is 1.23. The topological polar surface area (TPSA) is 38.8 Å². The molecule has 7 heteroatoms. The molecule has 2 aromatic rings. The summed E-state index contributed by atoms with van der Waals surface area (Å²) in [6.45, 7) is 6.91. The van der Waals surface area contributed by atoms with Crippen molar-refractivity contribution in [2.45, 2.75) is 45.2 Å². The quantitative estimate of drug-likeness (QED) is 0.549. The zero-order valence-corrected chi connectivity index (χ0v) is 20.4. The van der Waals surface area contributed by atoms with Gasteiger partial charge in [0.15, 0.2) is 0 Å². The van der Waals surface area contributed by atoms with Crippen LogP contribution in [0.5, 0.6) is 0 Å². The van der Waals surface area contributed by atoms with Crippen LogP contribution >= 0.6 is 0 Å². The Kier molecular flexibility index (Phi) is 7.63. The number of anilines is 1. The highest BCUT2D eigenvalue weighted by Gasteiger charge is 2.27. The molecule has 2 heterocycles. The van der Waals surface area contributed by atoms with Gasteiger partial charge in [-0.15, -0.1) is 0 Å². The monoisotopic (exact) mass is 482 g/mol. The zero-order valence-electron chi connectivity index (χ0n) is 20.4. The lowest BCUT2D eigenvalue weighted by molar-refractivity contribution is -0.130. The van der Waals surface area contributed by atoms with Gasteiger partial charge in [-0.3, -0.25) is 9.69 Å². The Morgan fingerprint density at radius 1 is 1.06 bits per heavy atom. The average Bonchev–Trinajstić information content (AvgIpc) is 3.51. The predicted molar refractivity (Wildman–Crippen MR) is 134 cm³/mol. The highest BCUT2D eigenvalue weighted by atomic mass is 19.1. The molecule has 5 rings (SSSR count). The summed E-state index contributed by atoms with van der Waals surface area (Å²) in [7, 11) is 0. The molecule has 3 aliphatic rings. The molecule has 0 radical (unpaired) electrons. The Morgan fingerprint density at radius 2 is 1.89 bits per heavy atom. The molecule has 0 unspecified atom stereocenters. The van der Waals surface area contributed by atoms with Gasteiger partial charge >= 0.3 is 0 Å². The molecule has 2 aromatic carbocycles. The Hall–Kier alpha value is -2.51. The fraction of sp³-hybridized carbons (Fsp3) is 0.536. The molecule has 1 saturated carbocycles. The lowest BCUT2D eigenvalue weighted by atomic mass is 9.97. The molecule has 0 atom stereocenters. The van der Waals surface area contributed by atoms with Crippen molar-refractivity contribution in [3.05, 3.63) is 64.7 Å². The number of nitrogens with zero attached hydrogens (tertiary/aromatic N) is 3. The van der Waals surface area contributed by atoms with Gasteiger partial charge in [0, 0.05) is 56.6 Å². The van der Waals surface area contributed by atoms with Crippen molar-refractivity contribution in [3.8, 4) is 0 Å². The van der Waals surface area contributed by atoms with Crippen molar-refractivity contribution in [1.82, 2.24) is 14.7 Å². The van der Waals surface area contributed by atoms with Crippen LogP contribution in [0.4, 0.5) is 14.5 Å². The Labute approximate surface area is 207 Å². The number of nitrogens with one attached hydrogen (secondary N) is 1. The number of hydrogen-bond acceptors (Lipinski definition) is 4. The number of benzene rings is 2. The van der Waals surface area contributed by atoms with Crippen LogP contribution in [0.3, 0.4) is 0 Å². The molecule has 35 heavy (non-hydrogen) atoms. The van der Waals surface area contributed by atoms with Crippen LogP contribution in [0.25, 0.3) is 0 Å². The minimum absolute atomic E-state index is 0.0725. The van der Waals surface area contributed by atoms with E-state index in [2.05, 4.69) is 33.3 Å². The lowest BCUT2D eigenvalue weighted by Crippen LogP contribution is -2.40. The van der Waals surface area contributed by atoms with E-state index >= 15 is 0 Å². The molecule has 1 aliphatic carbocycles. The number of hydrogen-bond donors (Lipinski definition) is 1. The minimum Gasteiger partial charge on any atom is -0.376 e. The third-order valence-electron chi connectivity index (χ3n) is 7.60. The first-order valence-electron chi connectivity index (χ1n) is 13.1. The van der Waals surface area contributed by atoms with E-state index in [1.165, 1.54) is 55.5 Å². The summed E-state index contributed by atoms with van der Waals surface area (Å²) in [5, 5.41) is 3.38. The molecule has 1 saturated heterocycles. The van der Waals surface area contributed by atoms with E-state index in [9.17, 15) is 13.6 Å². The SMILES string of the molecule is O=C(CNc1cccc2c1CCN(CC1CC1)C2)N(CCN1CCCC1)Cc1ccc(F)cc1F. The van der Waals surface area contributed by atoms with Crippen LogP contribution in [0.1, 0.15) is 42.4 Å². The molecule has 1 N–H and O–H groups in total. The van der Waals surface area contributed by atoms with Gasteiger partial charge in [0.05, 0.1) is 6.54 Å². The van der Waals surface area contributed by atoms with Crippen molar-refractivity contribution in [3.63, 3.8) is 0 Å². The van der Waals surface area contributed by atoms with Crippen molar-refractivity contribution in [2.75, 3.05) is 51.1 Å². The first-order chi connectivity index (χ1) is 17.0. The molecule has 2 aliphatic heterocycles. The van der Waals surface area contributed by atoms with Gasteiger partial charge in [0.25, 0.3) is 0 Å². The third-order valence-corrected chi connectivity index (χ3v) is 7.60. The van der Waals surface area contributed by atoms with Gasteiger partial charge in [-0.25, -0.2) is 8.78 Å². The van der Waals surface area contributed by atoms with E-state index in [0.717, 1.165) is 56.8 Å². The number of carbonyl (C=O) groups is 1. The van der Waals surface area contributed by atoms with Gasteiger partial charge in [-0.1, -0.05) is 18.2 Å². The van der Waals surface area contributed by atoms with Gasteiger partial charge in [0.1, 0.15) is 11.6 Å². The van der Waals surface area contributed by atoms with Crippen LogP contribution in [0, 0.1) is 17.6 Å². The van der Waals surface area contributed by atoms with Crippen LogP contribution in [-0.2, 0) is 24.3 Å². The van der Waals surface area contributed by atoms with Crippen LogP contribution in [0.2, 0.25) is 0 Å². The summed E-state index contributed by atoms with van der Waals surface area (Å²) in [5.74, 6) is -0.401. The van der Waals surface area contributed by atoms with Gasteiger partial charge in [0.2, 0.25) is 5.91 Å². The molecule has 0 aromatic heterocycles. The first kappa shape index (κ1) is 24.2. The highest BCUT2D eigenvalue weighted by molar-refractivity contribution is 5.81. The summed E-state index contributed by atoms with van der Waals surface area (Å²) < 4.78 is 27.8. The van der Waals surface area contributed by atoms with E-state index in [-0.39, 0.29) is 19.0 Å². The fourth-order valence-electron chi connectivity index (χ4n) is 5.35. The van der Waals surface area contributed by atoms with Gasteiger partial charge in [-0.05, 0) is 74.4 Å². The maximum Gasteiger partial charge on any atom is 0.242 e. The van der Waals surface area contributed by atoms with Crippen LogP contribution in [-0.4, -0.2) is 66.4 Å². The van der Waals surface area contributed by atoms with Crippen molar-refractivity contribution < 1.29 is 13.6 Å². The summed E-state index contributed by atoms with van der Waals surface area (Å²) in [4.78, 5) is 19.9. The summed E-state index contributed by atoms with van der Waals surface area (Å²) in [6.07, 6.45) is 6.07. The number of likely N-dealkylation sites (tertiary alicyclic amines) is 1. The minimum atomic E-state index is -0.607. The summed E-state index contributed by atoms with van der Waals surface area (Å²) in [6, 6.07) is 9.89. The second-order valence-corrected chi connectivity index (χ2v) is 10.3. The molecule has 5 nitrogen and oxygen atoms in total. The average molecular weight is 483 g/mol. The largest absolute Gasteiger partial charge is 0.376 e. The molecule has 0 bridgehead atoms. The first-order valence-corrected chi connectivity index (χ1v) is 13.1. The highest BCUT2D eigenvalue weighted by Crippen LogP contribution is 2.32.